The fourth-order valence-corrected chi connectivity index (χ4v) is 4.00. The lowest BCUT2D eigenvalue weighted by molar-refractivity contribution is 0.0594. The lowest BCUT2D eigenvalue weighted by Gasteiger charge is -2.39. The number of methoxy groups -OCH3 is 1. The van der Waals surface area contributed by atoms with Crippen LogP contribution < -0.4 is 5.32 Å². The Morgan fingerprint density at radius 3 is 2.64 bits per heavy atom. The molecule has 2 aromatic heterocycles. The number of anilines is 1. The minimum absolute atomic E-state index is 0.0210. The first-order valence-corrected chi connectivity index (χ1v) is 10.5. The van der Waals surface area contributed by atoms with E-state index >= 15 is 0 Å². The summed E-state index contributed by atoms with van der Waals surface area (Å²) in [6.45, 7) is 2.41. The molecule has 1 saturated heterocycles. The molecule has 1 N–H and O–H groups in total. The molecule has 10 heteroatoms. The van der Waals surface area contributed by atoms with Gasteiger partial charge in [-0.15, -0.1) is 0 Å². The minimum Gasteiger partial charge on any atom is -0.465 e. The third-order valence-electron chi connectivity index (χ3n) is 5.71. The predicted octanol–water partition coefficient (Wildman–Crippen LogP) is 2.43. The zero-order chi connectivity index (χ0) is 23.4. The normalized spacial score (nSPS) is 17.8. The first-order chi connectivity index (χ1) is 16.0. The summed E-state index contributed by atoms with van der Waals surface area (Å²) in [5.74, 6) is -0.497. The van der Waals surface area contributed by atoms with Crippen molar-refractivity contribution in [1.82, 2.24) is 24.9 Å². The van der Waals surface area contributed by atoms with Crippen molar-refractivity contribution < 1.29 is 14.3 Å². The van der Waals surface area contributed by atoms with E-state index in [9.17, 15) is 14.9 Å². The highest BCUT2D eigenvalue weighted by molar-refractivity contribution is 5.98. The van der Waals surface area contributed by atoms with E-state index in [4.69, 9.17) is 4.74 Å². The van der Waals surface area contributed by atoms with Gasteiger partial charge < -0.3 is 15.0 Å². The predicted molar refractivity (Wildman–Crippen MR) is 119 cm³/mol. The number of nitrogens with one attached hydrogen (secondary N) is 1. The molecule has 1 fully saturated rings. The van der Waals surface area contributed by atoms with Gasteiger partial charge >= 0.3 is 5.97 Å². The maximum Gasteiger partial charge on any atom is 0.342 e. The monoisotopic (exact) mass is 445 g/mol. The highest BCUT2D eigenvalue weighted by Crippen LogP contribution is 2.26. The number of para-hydroxylation sites is 1. The van der Waals surface area contributed by atoms with Crippen LogP contribution in [0.3, 0.4) is 0 Å². The van der Waals surface area contributed by atoms with Crippen molar-refractivity contribution in [3.63, 3.8) is 0 Å². The topological polar surface area (TPSA) is 126 Å². The summed E-state index contributed by atoms with van der Waals surface area (Å²) in [6, 6.07) is 10.5. The number of pyridine rings is 1. The minimum atomic E-state index is -0.639. The van der Waals surface area contributed by atoms with E-state index in [1.54, 1.807) is 29.4 Å². The van der Waals surface area contributed by atoms with E-state index in [1.165, 1.54) is 24.2 Å². The lowest BCUT2D eigenvalue weighted by Crippen LogP contribution is -2.50. The van der Waals surface area contributed by atoms with Gasteiger partial charge in [0.25, 0.3) is 5.91 Å². The number of hydrogen-bond acceptors (Lipinski definition) is 8. The van der Waals surface area contributed by atoms with Crippen LogP contribution in [-0.2, 0) is 4.74 Å². The summed E-state index contributed by atoms with van der Waals surface area (Å²) >= 11 is 0. The second kappa shape index (κ2) is 9.48. The number of aromatic nitrogens is 4. The van der Waals surface area contributed by atoms with Crippen LogP contribution in [0.1, 0.15) is 46.0 Å². The molecule has 33 heavy (non-hydrogen) atoms. The summed E-state index contributed by atoms with van der Waals surface area (Å²) in [6.07, 6.45) is 6.12. The number of carbonyl (C=O) groups is 2. The second-order valence-corrected chi connectivity index (χ2v) is 7.75. The van der Waals surface area contributed by atoms with Crippen LogP contribution in [0.25, 0.3) is 5.69 Å². The van der Waals surface area contributed by atoms with Crippen LogP contribution in [0.15, 0.2) is 48.9 Å². The fourth-order valence-electron chi connectivity index (χ4n) is 4.00. The number of piperidine rings is 1. The zero-order valence-corrected chi connectivity index (χ0v) is 18.3. The number of esters is 1. The Morgan fingerprint density at radius 2 is 1.91 bits per heavy atom. The summed E-state index contributed by atoms with van der Waals surface area (Å²) in [5.41, 5.74) is 1.37. The van der Waals surface area contributed by atoms with Gasteiger partial charge in [0.15, 0.2) is 0 Å². The average molecular weight is 445 g/mol. The molecule has 1 amide bonds. The van der Waals surface area contributed by atoms with Crippen LogP contribution in [0.4, 0.5) is 5.82 Å². The number of carbonyl (C=O) groups excluding carboxylic acids is 2. The molecular weight excluding hydrogens is 422 g/mol. The Hall–Kier alpha value is -4.26. The molecule has 168 valence electrons. The van der Waals surface area contributed by atoms with Gasteiger partial charge in [-0.1, -0.05) is 12.1 Å². The molecule has 0 spiro atoms. The first kappa shape index (κ1) is 22.0. The standard InChI is InChI=1S/C23H23N7O3/c1-15-7-8-17(28-21-20(23(32)33-2)16(13-24)9-10-25-21)14-29(15)22(31)18-5-3-4-6-19(18)30-26-11-12-27-30/h3-6,9-12,15,17H,7-8,14H2,1-2H3,(H,25,28)/t15-,17-/m1/s1. The SMILES string of the molecule is COC(=O)c1c(C#N)ccnc1N[C@@H]1CC[C@@H](C)N(C(=O)c2ccccc2-n2nccn2)C1. The molecule has 0 unspecified atom stereocenters. The molecule has 2 atom stereocenters. The molecule has 3 heterocycles. The molecule has 1 aromatic carbocycles. The highest BCUT2D eigenvalue weighted by atomic mass is 16.5. The van der Waals surface area contributed by atoms with Crippen LogP contribution in [0, 0.1) is 11.3 Å². The van der Waals surface area contributed by atoms with Crippen molar-refractivity contribution in [2.75, 3.05) is 19.0 Å². The highest BCUT2D eigenvalue weighted by Gasteiger charge is 2.32. The molecule has 1 aliphatic rings. The van der Waals surface area contributed by atoms with E-state index in [2.05, 4.69) is 20.5 Å². The van der Waals surface area contributed by atoms with E-state index < -0.39 is 5.97 Å². The maximum atomic E-state index is 13.5. The average Bonchev–Trinajstić information content (AvgIpc) is 3.39. The van der Waals surface area contributed by atoms with Gasteiger partial charge in [0.2, 0.25) is 0 Å². The smallest absolute Gasteiger partial charge is 0.342 e. The number of nitriles is 1. The van der Waals surface area contributed by atoms with Gasteiger partial charge in [0.1, 0.15) is 17.5 Å². The van der Waals surface area contributed by atoms with Crippen molar-refractivity contribution >= 4 is 17.7 Å². The largest absolute Gasteiger partial charge is 0.465 e. The molecule has 4 rings (SSSR count). The Morgan fingerprint density at radius 1 is 1.15 bits per heavy atom. The molecule has 0 aliphatic carbocycles. The number of amides is 1. The number of benzene rings is 1. The molecule has 1 aliphatic heterocycles. The number of ether oxygens (including phenoxy) is 1. The summed E-state index contributed by atoms with van der Waals surface area (Å²) in [5, 5.41) is 21.0. The fraction of sp³-hybridized carbons (Fsp3) is 0.304. The number of nitrogens with zero attached hydrogens (tertiary/aromatic N) is 6. The first-order valence-electron chi connectivity index (χ1n) is 10.5. The molecule has 0 saturated carbocycles. The Bertz CT molecular complexity index is 1200. The molecule has 0 radical (unpaired) electrons. The number of likely N-dealkylation sites (tertiary alicyclic amines) is 1. The third kappa shape index (κ3) is 4.39. The molecule has 0 bridgehead atoms. The molecule has 3 aromatic rings. The van der Waals surface area contributed by atoms with Gasteiger partial charge in [0.05, 0.1) is 36.3 Å². The van der Waals surface area contributed by atoms with Gasteiger partial charge in [-0.25, -0.2) is 9.78 Å². The van der Waals surface area contributed by atoms with Crippen LogP contribution in [-0.4, -0.2) is 62.5 Å². The number of hydrogen-bond donors (Lipinski definition) is 1. The quantitative estimate of drug-likeness (QED) is 0.594. The lowest BCUT2D eigenvalue weighted by atomic mass is 9.97. The van der Waals surface area contributed by atoms with E-state index in [0.717, 1.165) is 12.8 Å². The van der Waals surface area contributed by atoms with E-state index in [0.29, 0.717) is 17.8 Å². The van der Waals surface area contributed by atoms with Gasteiger partial charge in [-0.05, 0) is 38.0 Å². The third-order valence-corrected chi connectivity index (χ3v) is 5.71. The van der Waals surface area contributed by atoms with Crippen molar-refractivity contribution in [1.29, 1.82) is 5.26 Å². The van der Waals surface area contributed by atoms with Crippen molar-refractivity contribution in [2.24, 2.45) is 0 Å². The Kier molecular flexibility index (Phi) is 6.31. The number of rotatable bonds is 5. The summed E-state index contributed by atoms with van der Waals surface area (Å²) < 4.78 is 4.84. The van der Waals surface area contributed by atoms with Gasteiger partial charge in [0, 0.05) is 24.8 Å². The van der Waals surface area contributed by atoms with Crippen molar-refractivity contribution in [3.05, 3.63) is 65.6 Å². The zero-order valence-electron chi connectivity index (χ0n) is 18.3. The van der Waals surface area contributed by atoms with Crippen LogP contribution >= 0.6 is 0 Å². The maximum absolute atomic E-state index is 13.5. The van der Waals surface area contributed by atoms with Crippen molar-refractivity contribution in [2.45, 2.75) is 31.8 Å². The van der Waals surface area contributed by atoms with Crippen LogP contribution in [0.5, 0.6) is 0 Å². The molecular formula is C23H23N7O3. The van der Waals surface area contributed by atoms with E-state index in [1.807, 2.05) is 25.1 Å². The molecule has 10 nitrogen and oxygen atoms in total. The van der Waals surface area contributed by atoms with Crippen molar-refractivity contribution in [3.8, 4) is 11.8 Å². The Balaban J connectivity index is 1.59. The second-order valence-electron chi connectivity index (χ2n) is 7.75. The summed E-state index contributed by atoms with van der Waals surface area (Å²) in [4.78, 5) is 33.3. The Labute approximate surface area is 190 Å². The van der Waals surface area contributed by atoms with Gasteiger partial charge in [-0.2, -0.15) is 20.3 Å². The van der Waals surface area contributed by atoms with Crippen LogP contribution in [0.2, 0.25) is 0 Å². The van der Waals surface area contributed by atoms with Gasteiger partial charge in [-0.3, -0.25) is 4.79 Å². The van der Waals surface area contributed by atoms with E-state index in [-0.39, 0.29) is 34.9 Å². The summed E-state index contributed by atoms with van der Waals surface area (Å²) in [7, 11) is 1.26.